The van der Waals surface area contributed by atoms with Crippen LogP contribution in [0.5, 0.6) is 5.75 Å². The second kappa shape index (κ2) is 11.2. The lowest BCUT2D eigenvalue weighted by molar-refractivity contribution is 0.0285. The fourth-order valence-corrected chi connectivity index (χ4v) is 4.84. The lowest BCUT2D eigenvalue weighted by atomic mass is 9.92. The number of hydrogen-bond acceptors (Lipinski definition) is 6. The van der Waals surface area contributed by atoms with E-state index < -0.39 is 5.60 Å². The van der Waals surface area contributed by atoms with Crippen LogP contribution in [0.4, 0.5) is 0 Å². The Morgan fingerprint density at radius 2 is 1.77 bits per heavy atom. The van der Waals surface area contributed by atoms with Gasteiger partial charge >= 0.3 is 0 Å². The fraction of sp³-hybridized carbons (Fsp3) is 0.250. The van der Waals surface area contributed by atoms with Crippen LogP contribution in [0.25, 0.3) is 22.6 Å². The van der Waals surface area contributed by atoms with Crippen molar-refractivity contribution in [1.29, 1.82) is 5.26 Å². The number of aryl methyl sites for hydroxylation is 1. The van der Waals surface area contributed by atoms with Gasteiger partial charge in [-0.3, -0.25) is 4.79 Å². The number of fused-ring (bicyclic) bond motifs is 1. The first kappa shape index (κ1) is 26.9. The van der Waals surface area contributed by atoms with Crippen molar-refractivity contribution < 1.29 is 9.84 Å². The summed E-state index contributed by atoms with van der Waals surface area (Å²) in [5, 5.41) is 24.6. The van der Waals surface area contributed by atoms with Crippen molar-refractivity contribution >= 4 is 5.78 Å². The second-order valence-corrected chi connectivity index (χ2v) is 10.4. The molecule has 8 nitrogen and oxygen atoms in total. The zero-order valence-electron chi connectivity index (χ0n) is 22.8. The zero-order valence-corrected chi connectivity index (χ0v) is 22.8. The predicted molar refractivity (Wildman–Crippen MR) is 154 cm³/mol. The predicted octanol–water partition coefficient (Wildman–Crippen LogP) is 5.11. The summed E-state index contributed by atoms with van der Waals surface area (Å²) in [5.74, 6) is 0.997. The molecule has 0 saturated carbocycles. The van der Waals surface area contributed by atoms with E-state index in [-0.39, 0.29) is 18.6 Å². The molecule has 0 bridgehead atoms. The SMILES string of the molecule is CCCc1c(Cc2cccc(-c3ccccc3)c2C#N)c(=O)n(-c2ccc(OCC(C)(C)O)cc2)c2ncnn12. The zero-order chi connectivity index (χ0) is 28.3. The Morgan fingerprint density at radius 3 is 2.45 bits per heavy atom. The molecule has 0 atom stereocenters. The highest BCUT2D eigenvalue weighted by molar-refractivity contribution is 5.72. The molecule has 202 valence electrons. The van der Waals surface area contributed by atoms with Crippen LogP contribution in [0.2, 0.25) is 0 Å². The number of hydrogen-bond donors (Lipinski definition) is 1. The number of ether oxygens (including phenoxy) is 1. The van der Waals surface area contributed by atoms with E-state index in [4.69, 9.17) is 4.74 Å². The van der Waals surface area contributed by atoms with Crippen molar-refractivity contribution in [2.45, 2.75) is 45.6 Å². The molecule has 0 unspecified atom stereocenters. The van der Waals surface area contributed by atoms with Gasteiger partial charge in [0.15, 0.2) is 0 Å². The largest absolute Gasteiger partial charge is 0.491 e. The van der Waals surface area contributed by atoms with E-state index in [1.807, 2.05) is 48.5 Å². The number of nitriles is 1. The Labute approximate surface area is 232 Å². The van der Waals surface area contributed by atoms with E-state index in [1.54, 1.807) is 47.2 Å². The Hall–Kier alpha value is -4.74. The smallest absolute Gasteiger partial charge is 0.263 e. The minimum atomic E-state index is -0.965. The molecule has 0 aliphatic carbocycles. The van der Waals surface area contributed by atoms with Gasteiger partial charge in [0, 0.05) is 12.0 Å². The summed E-state index contributed by atoms with van der Waals surface area (Å²) < 4.78 is 8.97. The molecule has 8 heteroatoms. The summed E-state index contributed by atoms with van der Waals surface area (Å²) in [7, 11) is 0. The number of rotatable bonds is 9. The molecule has 2 heterocycles. The molecule has 1 N–H and O–H groups in total. The topological polar surface area (TPSA) is 105 Å². The molecule has 0 amide bonds. The minimum Gasteiger partial charge on any atom is -0.491 e. The van der Waals surface area contributed by atoms with Gasteiger partial charge in [-0.05, 0) is 61.2 Å². The number of aliphatic hydroxyl groups is 1. The highest BCUT2D eigenvalue weighted by Crippen LogP contribution is 2.28. The standard InChI is InChI=1S/C32H31N5O3/c1-4-9-29-27(18-23-12-8-13-26(28(23)19-33)22-10-6-5-7-11-22)30(38)36(31-34-21-35-37(29)31)24-14-16-25(17-15-24)40-20-32(2,3)39/h5-8,10-17,21,39H,4,9,18,20H2,1-3H3. The van der Waals surface area contributed by atoms with Crippen molar-refractivity contribution in [3.05, 3.63) is 112 Å². The Balaban J connectivity index is 1.64. The molecule has 5 aromatic rings. The number of benzene rings is 3. The highest BCUT2D eigenvalue weighted by atomic mass is 16.5. The molecule has 5 rings (SSSR count). The molecule has 0 aliphatic rings. The summed E-state index contributed by atoms with van der Waals surface area (Å²) >= 11 is 0. The van der Waals surface area contributed by atoms with Crippen molar-refractivity contribution in [1.82, 2.24) is 19.2 Å². The van der Waals surface area contributed by atoms with E-state index >= 15 is 0 Å². The average molecular weight is 534 g/mol. The molecule has 0 spiro atoms. The molecule has 2 aromatic heterocycles. The van der Waals surface area contributed by atoms with Crippen molar-refractivity contribution in [3.63, 3.8) is 0 Å². The first-order chi connectivity index (χ1) is 19.3. The maximum atomic E-state index is 14.2. The van der Waals surface area contributed by atoms with E-state index in [2.05, 4.69) is 23.1 Å². The van der Waals surface area contributed by atoms with Gasteiger partial charge in [-0.25, -0.2) is 9.08 Å². The molecular formula is C32H31N5O3. The normalized spacial score (nSPS) is 11.5. The van der Waals surface area contributed by atoms with E-state index in [0.717, 1.165) is 28.8 Å². The van der Waals surface area contributed by atoms with Crippen LogP contribution in [-0.2, 0) is 12.8 Å². The van der Waals surface area contributed by atoms with Gasteiger partial charge in [-0.1, -0.05) is 61.9 Å². The maximum absolute atomic E-state index is 14.2. The molecule has 0 saturated heterocycles. The Morgan fingerprint density at radius 1 is 1.02 bits per heavy atom. The van der Waals surface area contributed by atoms with Gasteiger partial charge in [-0.15, -0.1) is 0 Å². The molecule has 0 radical (unpaired) electrons. The molecule has 40 heavy (non-hydrogen) atoms. The number of aromatic nitrogens is 4. The van der Waals surface area contributed by atoms with Crippen LogP contribution in [0, 0.1) is 11.3 Å². The molecule has 3 aromatic carbocycles. The van der Waals surface area contributed by atoms with Crippen LogP contribution >= 0.6 is 0 Å². The van der Waals surface area contributed by atoms with E-state index in [1.165, 1.54) is 6.33 Å². The lowest BCUT2D eigenvalue weighted by Crippen LogP contribution is -2.29. The fourth-order valence-electron chi connectivity index (χ4n) is 4.84. The Bertz CT molecular complexity index is 1740. The Kier molecular flexibility index (Phi) is 7.50. The van der Waals surface area contributed by atoms with E-state index in [0.29, 0.717) is 34.8 Å². The van der Waals surface area contributed by atoms with E-state index in [9.17, 15) is 15.2 Å². The van der Waals surface area contributed by atoms with Gasteiger partial charge in [0.1, 0.15) is 24.8 Å². The highest BCUT2D eigenvalue weighted by Gasteiger charge is 2.22. The minimum absolute atomic E-state index is 0.139. The van der Waals surface area contributed by atoms with Gasteiger partial charge in [0.05, 0.1) is 22.5 Å². The van der Waals surface area contributed by atoms with Gasteiger partial charge in [0.25, 0.3) is 5.56 Å². The average Bonchev–Trinajstić information content (AvgIpc) is 3.43. The first-order valence-electron chi connectivity index (χ1n) is 13.3. The summed E-state index contributed by atoms with van der Waals surface area (Å²) in [6.45, 7) is 5.55. The van der Waals surface area contributed by atoms with Gasteiger partial charge < -0.3 is 9.84 Å². The van der Waals surface area contributed by atoms with Crippen LogP contribution in [0.3, 0.4) is 0 Å². The van der Waals surface area contributed by atoms with Crippen molar-refractivity contribution in [3.8, 4) is 28.6 Å². The molecule has 0 fully saturated rings. The van der Waals surface area contributed by atoms with Gasteiger partial charge in [0.2, 0.25) is 5.78 Å². The summed E-state index contributed by atoms with van der Waals surface area (Å²) in [6.07, 6.45) is 3.18. The summed E-state index contributed by atoms with van der Waals surface area (Å²) in [5.41, 5.74) is 3.91. The lowest BCUT2D eigenvalue weighted by Gasteiger charge is -2.18. The first-order valence-corrected chi connectivity index (χ1v) is 13.3. The molecular weight excluding hydrogens is 502 g/mol. The van der Waals surface area contributed by atoms with Crippen LogP contribution in [-0.4, -0.2) is 36.5 Å². The van der Waals surface area contributed by atoms with Crippen LogP contribution < -0.4 is 10.3 Å². The second-order valence-electron chi connectivity index (χ2n) is 10.4. The van der Waals surface area contributed by atoms with Crippen LogP contribution in [0.1, 0.15) is 49.6 Å². The number of nitrogens with zero attached hydrogens (tertiary/aromatic N) is 5. The van der Waals surface area contributed by atoms with Crippen molar-refractivity contribution in [2.24, 2.45) is 0 Å². The van der Waals surface area contributed by atoms with Gasteiger partial charge in [-0.2, -0.15) is 15.3 Å². The third-order valence-corrected chi connectivity index (χ3v) is 6.68. The maximum Gasteiger partial charge on any atom is 0.263 e. The third-order valence-electron chi connectivity index (χ3n) is 6.68. The molecule has 0 aliphatic heterocycles. The van der Waals surface area contributed by atoms with Crippen molar-refractivity contribution in [2.75, 3.05) is 6.61 Å². The van der Waals surface area contributed by atoms with Crippen LogP contribution in [0.15, 0.2) is 83.9 Å². The quantitative estimate of drug-likeness (QED) is 0.282. The monoisotopic (exact) mass is 533 g/mol. The summed E-state index contributed by atoms with van der Waals surface area (Å²) in [6, 6.07) is 25.0. The summed E-state index contributed by atoms with van der Waals surface area (Å²) in [4.78, 5) is 18.6. The third kappa shape index (κ3) is 5.37.